The summed E-state index contributed by atoms with van der Waals surface area (Å²) in [5.41, 5.74) is 1.24. The molecule has 1 heterocycles. The predicted molar refractivity (Wildman–Crippen MR) is 72.4 cm³/mol. The highest BCUT2D eigenvalue weighted by atomic mass is 79.9. The first-order valence-electron chi connectivity index (χ1n) is 5.18. The van der Waals surface area contributed by atoms with Gasteiger partial charge in [-0.2, -0.15) is 0 Å². The van der Waals surface area contributed by atoms with Crippen LogP contribution in [0.4, 0.5) is 0 Å². The molecule has 1 aromatic rings. The molecular formula is C12H10Br2O3. The van der Waals surface area contributed by atoms with Gasteiger partial charge in [0.1, 0.15) is 14.7 Å². The molecule has 0 atom stereocenters. The summed E-state index contributed by atoms with van der Waals surface area (Å²) in [5, 5.41) is 0. The van der Waals surface area contributed by atoms with E-state index in [2.05, 4.69) is 31.9 Å². The van der Waals surface area contributed by atoms with E-state index in [0.29, 0.717) is 27.1 Å². The molecule has 1 aliphatic rings. The molecule has 0 radical (unpaired) electrons. The fourth-order valence-corrected chi connectivity index (χ4v) is 2.19. The van der Waals surface area contributed by atoms with E-state index in [1.165, 1.54) is 0 Å². The zero-order chi connectivity index (χ0) is 12.4. The molecule has 0 fully saturated rings. The van der Waals surface area contributed by atoms with Gasteiger partial charge in [0.05, 0.1) is 6.61 Å². The van der Waals surface area contributed by atoms with E-state index in [9.17, 15) is 4.79 Å². The summed E-state index contributed by atoms with van der Waals surface area (Å²) >= 11 is 6.51. The molecule has 0 bridgehead atoms. The van der Waals surface area contributed by atoms with Crippen LogP contribution < -0.4 is 4.74 Å². The van der Waals surface area contributed by atoms with Crippen LogP contribution in [0.1, 0.15) is 29.3 Å². The Labute approximate surface area is 116 Å². The van der Waals surface area contributed by atoms with Gasteiger partial charge in [-0.25, -0.2) is 4.79 Å². The SMILES string of the molecule is CCCOc1cccc2c1C(=O)OC2=C(Br)Br. The number of benzene rings is 1. The van der Waals surface area contributed by atoms with E-state index in [1.807, 2.05) is 19.1 Å². The molecule has 1 aliphatic heterocycles. The lowest BCUT2D eigenvalue weighted by molar-refractivity contribution is 0.0712. The number of cyclic esters (lactones) is 1. The zero-order valence-electron chi connectivity index (χ0n) is 9.13. The fraction of sp³-hybridized carbons (Fsp3) is 0.250. The van der Waals surface area contributed by atoms with Crippen LogP contribution in [0.2, 0.25) is 0 Å². The quantitative estimate of drug-likeness (QED) is 0.761. The number of carbonyl (C=O) groups excluding carboxylic acids is 1. The van der Waals surface area contributed by atoms with Crippen molar-refractivity contribution < 1.29 is 14.3 Å². The highest BCUT2D eigenvalue weighted by Gasteiger charge is 2.31. The minimum atomic E-state index is -0.377. The van der Waals surface area contributed by atoms with Gasteiger partial charge < -0.3 is 9.47 Å². The minimum Gasteiger partial charge on any atom is -0.493 e. The standard InChI is InChI=1S/C12H10Br2O3/c1-2-6-16-8-5-3-4-7-9(8)12(15)17-10(7)11(13)14/h3-5H,2,6H2,1H3. The Bertz CT molecular complexity index is 491. The first kappa shape index (κ1) is 12.6. The van der Waals surface area contributed by atoms with E-state index in [-0.39, 0.29) is 5.97 Å². The second-order valence-electron chi connectivity index (χ2n) is 3.51. The smallest absolute Gasteiger partial charge is 0.348 e. The molecular weight excluding hydrogens is 352 g/mol. The number of hydrogen-bond acceptors (Lipinski definition) is 3. The third-order valence-electron chi connectivity index (χ3n) is 2.30. The number of halogens is 2. The van der Waals surface area contributed by atoms with Crippen molar-refractivity contribution in [3.63, 3.8) is 0 Å². The molecule has 17 heavy (non-hydrogen) atoms. The number of hydrogen-bond donors (Lipinski definition) is 0. The molecule has 3 nitrogen and oxygen atoms in total. The van der Waals surface area contributed by atoms with Crippen molar-refractivity contribution in [2.45, 2.75) is 13.3 Å². The monoisotopic (exact) mass is 360 g/mol. The maximum Gasteiger partial charge on any atom is 0.348 e. The van der Waals surface area contributed by atoms with Crippen LogP contribution in [-0.4, -0.2) is 12.6 Å². The van der Waals surface area contributed by atoms with Crippen molar-refractivity contribution in [2.75, 3.05) is 6.61 Å². The summed E-state index contributed by atoms with van der Waals surface area (Å²) in [6.07, 6.45) is 0.892. The first-order valence-corrected chi connectivity index (χ1v) is 6.77. The second kappa shape index (κ2) is 5.23. The number of fused-ring (bicyclic) bond motifs is 1. The summed E-state index contributed by atoms with van der Waals surface area (Å²) in [4.78, 5) is 11.8. The molecule has 0 spiro atoms. The lowest BCUT2D eigenvalue weighted by Crippen LogP contribution is -2.02. The highest BCUT2D eigenvalue weighted by Crippen LogP contribution is 2.40. The Kier molecular flexibility index (Phi) is 3.89. The van der Waals surface area contributed by atoms with Gasteiger partial charge in [-0.3, -0.25) is 0 Å². The summed E-state index contributed by atoms with van der Waals surface area (Å²) in [5.74, 6) is 0.690. The summed E-state index contributed by atoms with van der Waals surface area (Å²) in [6, 6.07) is 5.45. The largest absolute Gasteiger partial charge is 0.493 e. The first-order chi connectivity index (χ1) is 8.15. The fourth-order valence-electron chi connectivity index (χ4n) is 1.60. The van der Waals surface area contributed by atoms with Crippen LogP contribution in [0, 0.1) is 0 Å². The molecule has 90 valence electrons. The molecule has 5 heteroatoms. The van der Waals surface area contributed by atoms with Crippen molar-refractivity contribution in [1.82, 2.24) is 0 Å². The molecule has 0 saturated heterocycles. The molecule has 1 aromatic carbocycles. The van der Waals surface area contributed by atoms with Gasteiger partial charge in [-0.15, -0.1) is 0 Å². The molecule has 0 unspecified atom stereocenters. The van der Waals surface area contributed by atoms with E-state index in [1.54, 1.807) is 6.07 Å². The lowest BCUT2D eigenvalue weighted by atomic mass is 10.1. The van der Waals surface area contributed by atoms with Crippen molar-refractivity contribution in [3.05, 3.63) is 32.7 Å². The summed E-state index contributed by atoms with van der Waals surface area (Å²) in [7, 11) is 0. The molecule has 0 saturated carbocycles. The highest BCUT2D eigenvalue weighted by molar-refractivity contribution is 9.28. The van der Waals surface area contributed by atoms with Crippen LogP contribution >= 0.6 is 31.9 Å². The average Bonchev–Trinajstić information content (AvgIpc) is 2.65. The normalized spacial score (nSPS) is 13.4. The van der Waals surface area contributed by atoms with Gasteiger partial charge in [-0.1, -0.05) is 19.1 Å². The zero-order valence-corrected chi connectivity index (χ0v) is 12.3. The molecule has 2 rings (SSSR count). The van der Waals surface area contributed by atoms with Crippen molar-refractivity contribution in [1.29, 1.82) is 0 Å². The lowest BCUT2D eigenvalue weighted by Gasteiger charge is -2.06. The van der Waals surface area contributed by atoms with Crippen molar-refractivity contribution in [3.8, 4) is 5.75 Å². The maximum absolute atomic E-state index is 11.8. The van der Waals surface area contributed by atoms with Crippen LogP contribution in [0.25, 0.3) is 5.76 Å². The topological polar surface area (TPSA) is 35.5 Å². The van der Waals surface area contributed by atoms with Crippen molar-refractivity contribution in [2.24, 2.45) is 0 Å². The minimum absolute atomic E-state index is 0.377. The Morgan fingerprint density at radius 3 is 2.82 bits per heavy atom. The molecule has 0 aromatic heterocycles. The Balaban J connectivity index is 2.49. The van der Waals surface area contributed by atoms with E-state index in [0.717, 1.165) is 12.0 Å². The van der Waals surface area contributed by atoms with Crippen LogP contribution in [0.3, 0.4) is 0 Å². The van der Waals surface area contributed by atoms with E-state index in [4.69, 9.17) is 9.47 Å². The number of rotatable bonds is 3. The maximum atomic E-state index is 11.8. The van der Waals surface area contributed by atoms with E-state index < -0.39 is 0 Å². The summed E-state index contributed by atoms with van der Waals surface area (Å²) < 4.78 is 11.3. The van der Waals surface area contributed by atoms with Gasteiger partial charge in [0.2, 0.25) is 0 Å². The van der Waals surface area contributed by atoms with Crippen LogP contribution in [0.15, 0.2) is 21.6 Å². The van der Waals surface area contributed by atoms with Gasteiger partial charge in [0.25, 0.3) is 0 Å². The predicted octanol–water partition coefficient (Wildman–Crippen LogP) is 4.06. The average molecular weight is 362 g/mol. The molecule has 0 N–H and O–H groups in total. The van der Waals surface area contributed by atoms with Gasteiger partial charge in [0, 0.05) is 5.56 Å². The van der Waals surface area contributed by atoms with Crippen molar-refractivity contribution >= 4 is 43.6 Å². The molecule has 0 aliphatic carbocycles. The number of esters is 1. The van der Waals surface area contributed by atoms with Gasteiger partial charge in [0.15, 0.2) is 5.76 Å². The Hall–Kier alpha value is -0.810. The van der Waals surface area contributed by atoms with Gasteiger partial charge >= 0.3 is 5.97 Å². The summed E-state index contributed by atoms with van der Waals surface area (Å²) in [6.45, 7) is 2.60. The third-order valence-corrected chi connectivity index (χ3v) is 3.02. The second-order valence-corrected chi connectivity index (χ2v) is 6.16. The third kappa shape index (κ3) is 2.40. The number of ether oxygens (including phenoxy) is 2. The van der Waals surface area contributed by atoms with Gasteiger partial charge in [-0.05, 0) is 44.3 Å². The molecule has 0 amide bonds. The van der Waals surface area contributed by atoms with Crippen LogP contribution in [0.5, 0.6) is 5.75 Å². The Morgan fingerprint density at radius 2 is 2.18 bits per heavy atom. The van der Waals surface area contributed by atoms with Crippen LogP contribution in [-0.2, 0) is 4.74 Å². The Morgan fingerprint density at radius 1 is 1.41 bits per heavy atom. The number of carbonyl (C=O) groups is 1. The van der Waals surface area contributed by atoms with E-state index >= 15 is 0 Å².